The van der Waals surface area contributed by atoms with Crippen molar-refractivity contribution < 1.29 is 23.8 Å². The van der Waals surface area contributed by atoms with E-state index in [-0.39, 0.29) is 0 Å². The van der Waals surface area contributed by atoms with E-state index in [1.54, 1.807) is 0 Å². The molecule has 1 rings (SSSR count). The van der Waals surface area contributed by atoms with E-state index in [4.69, 9.17) is 4.74 Å². The van der Waals surface area contributed by atoms with Gasteiger partial charge in [-0.1, -0.05) is 30.3 Å². The van der Waals surface area contributed by atoms with Crippen LogP contribution in [-0.4, -0.2) is 38.4 Å². The predicted octanol–water partition coefficient (Wildman–Crippen LogP) is 1.35. The Morgan fingerprint density at radius 2 is 1.63 bits per heavy atom. The van der Waals surface area contributed by atoms with E-state index < -0.39 is 24.1 Å². The number of hydrogen-bond acceptors (Lipinski definition) is 5. The third kappa shape index (κ3) is 4.71. The zero-order valence-corrected chi connectivity index (χ0v) is 11.3. The normalized spacial score (nSPS) is 13.4. The van der Waals surface area contributed by atoms with Gasteiger partial charge in [-0.15, -0.1) is 0 Å². The van der Waals surface area contributed by atoms with Gasteiger partial charge >= 0.3 is 11.9 Å². The molecule has 0 N–H and O–H groups in total. The Bertz CT molecular complexity index is 415. The van der Waals surface area contributed by atoms with Crippen LogP contribution in [-0.2, 0) is 30.2 Å². The minimum absolute atomic E-state index is 0.342. The van der Waals surface area contributed by atoms with Gasteiger partial charge in [-0.2, -0.15) is 0 Å². The molecule has 0 heterocycles. The molecule has 1 aromatic carbocycles. The molecule has 0 amide bonds. The molecule has 104 valence electrons. The molecule has 0 radical (unpaired) electrons. The van der Waals surface area contributed by atoms with Gasteiger partial charge in [0.05, 0.1) is 14.2 Å². The van der Waals surface area contributed by atoms with Crippen molar-refractivity contribution in [2.45, 2.75) is 25.6 Å². The highest BCUT2D eigenvalue weighted by molar-refractivity contribution is 5.77. The fourth-order valence-electron chi connectivity index (χ4n) is 1.61. The summed E-state index contributed by atoms with van der Waals surface area (Å²) in [5, 5.41) is 0. The molecule has 2 atom stereocenters. The largest absolute Gasteiger partial charge is 0.467 e. The third-order valence-electron chi connectivity index (χ3n) is 2.63. The van der Waals surface area contributed by atoms with Gasteiger partial charge in [-0.25, -0.2) is 9.59 Å². The standard InChI is InChI=1S/C14H18O5/c1-10(13(15)17-2)19-12(14(16)18-3)9-11-7-5-4-6-8-11/h4-8,10,12H,9H2,1-3H3/t10-,12-/m0/s1. The first-order valence-corrected chi connectivity index (χ1v) is 5.93. The van der Waals surface area contributed by atoms with Gasteiger partial charge in [0.15, 0.2) is 12.2 Å². The molecule has 0 saturated carbocycles. The maximum absolute atomic E-state index is 11.7. The summed E-state index contributed by atoms with van der Waals surface area (Å²) in [6.45, 7) is 1.53. The first kappa shape index (κ1) is 15.2. The second kappa shape index (κ2) is 7.53. The molecule has 0 saturated heterocycles. The number of carbonyl (C=O) groups excluding carboxylic acids is 2. The molecule has 1 aromatic rings. The van der Waals surface area contributed by atoms with Crippen molar-refractivity contribution in [3.8, 4) is 0 Å². The van der Waals surface area contributed by atoms with E-state index in [0.29, 0.717) is 6.42 Å². The van der Waals surface area contributed by atoms with Crippen molar-refractivity contribution in [1.29, 1.82) is 0 Å². The Kier molecular flexibility index (Phi) is 6.02. The molecule has 0 aliphatic rings. The van der Waals surface area contributed by atoms with Crippen LogP contribution in [0.15, 0.2) is 30.3 Å². The Labute approximate surface area is 112 Å². The molecule has 5 nitrogen and oxygen atoms in total. The summed E-state index contributed by atoms with van der Waals surface area (Å²) in [4.78, 5) is 23.0. The van der Waals surface area contributed by atoms with E-state index in [9.17, 15) is 9.59 Å². The minimum atomic E-state index is -0.832. The first-order valence-electron chi connectivity index (χ1n) is 5.93. The Morgan fingerprint density at radius 1 is 1.05 bits per heavy atom. The Hall–Kier alpha value is -1.88. The zero-order chi connectivity index (χ0) is 14.3. The van der Waals surface area contributed by atoms with Gasteiger partial charge in [-0.3, -0.25) is 0 Å². The van der Waals surface area contributed by atoms with Crippen LogP contribution in [0.3, 0.4) is 0 Å². The lowest BCUT2D eigenvalue weighted by atomic mass is 10.1. The van der Waals surface area contributed by atoms with E-state index >= 15 is 0 Å². The van der Waals surface area contributed by atoms with Crippen LogP contribution in [0.25, 0.3) is 0 Å². The van der Waals surface area contributed by atoms with E-state index in [2.05, 4.69) is 9.47 Å². The number of methoxy groups -OCH3 is 2. The summed E-state index contributed by atoms with van der Waals surface area (Å²) < 4.78 is 14.7. The van der Waals surface area contributed by atoms with Gasteiger partial charge in [0.2, 0.25) is 0 Å². The first-order chi connectivity index (χ1) is 9.08. The van der Waals surface area contributed by atoms with Crippen molar-refractivity contribution in [3.05, 3.63) is 35.9 Å². The monoisotopic (exact) mass is 266 g/mol. The summed E-state index contributed by atoms with van der Waals surface area (Å²) in [6, 6.07) is 9.37. The summed E-state index contributed by atoms with van der Waals surface area (Å²) in [5.41, 5.74) is 0.926. The maximum atomic E-state index is 11.7. The molecule has 0 aliphatic carbocycles. The summed E-state index contributed by atoms with van der Waals surface area (Å²) in [7, 11) is 2.55. The van der Waals surface area contributed by atoms with Gasteiger partial charge in [0, 0.05) is 6.42 Å². The highest BCUT2D eigenvalue weighted by Gasteiger charge is 2.26. The highest BCUT2D eigenvalue weighted by atomic mass is 16.6. The predicted molar refractivity (Wildman–Crippen MR) is 68.5 cm³/mol. The molecule has 0 spiro atoms. The van der Waals surface area contributed by atoms with Crippen molar-refractivity contribution >= 4 is 11.9 Å². The smallest absolute Gasteiger partial charge is 0.335 e. The molecular formula is C14H18O5. The van der Waals surface area contributed by atoms with Crippen molar-refractivity contribution in [2.24, 2.45) is 0 Å². The second-order valence-electron chi connectivity index (χ2n) is 4.00. The van der Waals surface area contributed by atoms with Crippen molar-refractivity contribution in [3.63, 3.8) is 0 Å². The average Bonchev–Trinajstić information content (AvgIpc) is 2.45. The van der Waals surface area contributed by atoms with Gasteiger partial charge in [-0.05, 0) is 12.5 Å². The number of benzene rings is 1. The van der Waals surface area contributed by atoms with Crippen LogP contribution < -0.4 is 0 Å². The van der Waals surface area contributed by atoms with Crippen molar-refractivity contribution in [1.82, 2.24) is 0 Å². The van der Waals surface area contributed by atoms with Crippen LogP contribution >= 0.6 is 0 Å². The summed E-state index contributed by atoms with van der Waals surface area (Å²) >= 11 is 0. The van der Waals surface area contributed by atoms with Crippen LogP contribution in [0, 0.1) is 0 Å². The Balaban J connectivity index is 2.73. The quantitative estimate of drug-likeness (QED) is 0.727. The maximum Gasteiger partial charge on any atom is 0.335 e. The van der Waals surface area contributed by atoms with E-state index in [1.807, 2.05) is 30.3 Å². The van der Waals surface area contributed by atoms with E-state index in [1.165, 1.54) is 21.1 Å². The summed E-state index contributed by atoms with van der Waals surface area (Å²) in [5.74, 6) is -1.04. The second-order valence-corrected chi connectivity index (χ2v) is 4.00. The van der Waals surface area contributed by atoms with Gasteiger partial charge in [0.1, 0.15) is 0 Å². The topological polar surface area (TPSA) is 61.8 Å². The SMILES string of the molecule is COC(=O)[C@H](C)O[C@@H](Cc1ccccc1)C(=O)OC. The highest BCUT2D eigenvalue weighted by Crippen LogP contribution is 2.10. The number of rotatable bonds is 6. The molecule has 19 heavy (non-hydrogen) atoms. The lowest BCUT2D eigenvalue weighted by Crippen LogP contribution is -2.35. The molecule has 0 fully saturated rings. The third-order valence-corrected chi connectivity index (χ3v) is 2.63. The molecule has 0 aromatic heterocycles. The van der Waals surface area contributed by atoms with Crippen LogP contribution in [0.4, 0.5) is 0 Å². The molecule has 5 heteroatoms. The number of hydrogen-bond donors (Lipinski definition) is 0. The van der Waals surface area contributed by atoms with Crippen LogP contribution in [0.2, 0.25) is 0 Å². The molecular weight excluding hydrogens is 248 g/mol. The lowest BCUT2D eigenvalue weighted by molar-refractivity contribution is -0.167. The number of esters is 2. The molecule has 0 unspecified atom stereocenters. The fourth-order valence-corrected chi connectivity index (χ4v) is 1.61. The molecule has 0 aliphatic heterocycles. The van der Waals surface area contributed by atoms with Crippen LogP contribution in [0.1, 0.15) is 12.5 Å². The van der Waals surface area contributed by atoms with Crippen molar-refractivity contribution in [2.75, 3.05) is 14.2 Å². The Morgan fingerprint density at radius 3 is 2.16 bits per heavy atom. The summed E-state index contributed by atoms with van der Waals surface area (Å²) in [6.07, 6.45) is -1.31. The molecule has 0 bridgehead atoms. The van der Waals surface area contributed by atoms with Gasteiger partial charge < -0.3 is 14.2 Å². The average molecular weight is 266 g/mol. The van der Waals surface area contributed by atoms with Crippen LogP contribution in [0.5, 0.6) is 0 Å². The van der Waals surface area contributed by atoms with E-state index in [0.717, 1.165) is 5.56 Å². The van der Waals surface area contributed by atoms with Gasteiger partial charge in [0.25, 0.3) is 0 Å². The lowest BCUT2D eigenvalue weighted by Gasteiger charge is -2.19. The number of ether oxygens (including phenoxy) is 3. The minimum Gasteiger partial charge on any atom is -0.467 e. The fraction of sp³-hybridized carbons (Fsp3) is 0.429. The number of carbonyl (C=O) groups is 2. The zero-order valence-electron chi connectivity index (χ0n) is 11.3.